The minimum absolute atomic E-state index is 0.151. The molecule has 0 aliphatic heterocycles. The fraction of sp³-hybridized carbons (Fsp3) is 0.500. The van der Waals surface area contributed by atoms with Crippen molar-refractivity contribution in [3.63, 3.8) is 0 Å². The van der Waals surface area contributed by atoms with Crippen LogP contribution in [0, 0.1) is 0 Å². The molecule has 0 aliphatic rings. The molecule has 1 aromatic rings. The second-order valence-electron chi connectivity index (χ2n) is 4.46. The summed E-state index contributed by atoms with van der Waals surface area (Å²) in [4.78, 5) is 13.0. The molecule has 0 unspecified atom stereocenters. The third-order valence-electron chi connectivity index (χ3n) is 2.68. The molecule has 18 heavy (non-hydrogen) atoms. The van der Waals surface area contributed by atoms with Gasteiger partial charge in [-0.2, -0.15) is 0 Å². The molecule has 0 heterocycles. The number of benzene rings is 1. The van der Waals surface area contributed by atoms with Crippen molar-refractivity contribution in [2.75, 3.05) is 27.7 Å². The molecule has 0 aliphatic carbocycles. The van der Waals surface area contributed by atoms with Crippen molar-refractivity contribution in [1.29, 1.82) is 0 Å². The SMILES string of the molecule is COCc1ccc(CNCCC(=O)N(C)C)cc1. The number of nitrogens with zero attached hydrogens (tertiary/aromatic N) is 1. The number of amides is 1. The highest BCUT2D eigenvalue weighted by Gasteiger charge is 2.02. The topological polar surface area (TPSA) is 41.6 Å². The Morgan fingerprint density at radius 2 is 1.83 bits per heavy atom. The molecule has 0 saturated heterocycles. The lowest BCUT2D eigenvalue weighted by molar-refractivity contribution is -0.128. The molecule has 0 radical (unpaired) electrons. The molecule has 0 atom stereocenters. The van der Waals surface area contributed by atoms with Crippen LogP contribution in [0.3, 0.4) is 0 Å². The number of methoxy groups -OCH3 is 1. The Bertz CT molecular complexity index is 361. The number of rotatable bonds is 7. The second-order valence-corrected chi connectivity index (χ2v) is 4.46. The molecular formula is C14H22N2O2. The predicted octanol–water partition coefficient (Wildman–Crippen LogP) is 1.40. The van der Waals surface area contributed by atoms with Crippen LogP contribution in [0.2, 0.25) is 0 Å². The maximum Gasteiger partial charge on any atom is 0.223 e. The quantitative estimate of drug-likeness (QED) is 0.744. The van der Waals surface area contributed by atoms with E-state index in [0.717, 1.165) is 6.54 Å². The van der Waals surface area contributed by atoms with E-state index < -0.39 is 0 Å². The first kappa shape index (κ1) is 14.7. The molecule has 1 rings (SSSR count). The van der Waals surface area contributed by atoms with Gasteiger partial charge in [0.05, 0.1) is 6.61 Å². The van der Waals surface area contributed by atoms with Gasteiger partial charge in [0, 0.05) is 40.7 Å². The Kier molecular flexibility index (Phi) is 6.39. The summed E-state index contributed by atoms with van der Waals surface area (Å²) in [5.74, 6) is 0.151. The van der Waals surface area contributed by atoms with Gasteiger partial charge in [0.1, 0.15) is 0 Å². The Balaban J connectivity index is 2.25. The highest BCUT2D eigenvalue weighted by Crippen LogP contribution is 2.05. The molecule has 0 spiro atoms. The van der Waals surface area contributed by atoms with E-state index in [1.165, 1.54) is 11.1 Å². The van der Waals surface area contributed by atoms with Crippen LogP contribution < -0.4 is 5.32 Å². The van der Waals surface area contributed by atoms with Crippen LogP contribution >= 0.6 is 0 Å². The van der Waals surface area contributed by atoms with E-state index in [1.54, 1.807) is 26.1 Å². The van der Waals surface area contributed by atoms with Crippen molar-refractivity contribution in [2.24, 2.45) is 0 Å². The van der Waals surface area contributed by atoms with Gasteiger partial charge in [-0.15, -0.1) is 0 Å². The summed E-state index contributed by atoms with van der Waals surface area (Å²) in [5, 5.41) is 3.26. The average molecular weight is 250 g/mol. The van der Waals surface area contributed by atoms with E-state index in [0.29, 0.717) is 19.6 Å². The fourth-order valence-corrected chi connectivity index (χ4v) is 1.57. The highest BCUT2D eigenvalue weighted by atomic mass is 16.5. The fourth-order valence-electron chi connectivity index (χ4n) is 1.57. The zero-order valence-corrected chi connectivity index (χ0v) is 11.4. The highest BCUT2D eigenvalue weighted by molar-refractivity contribution is 5.75. The average Bonchev–Trinajstić information content (AvgIpc) is 2.36. The third kappa shape index (κ3) is 5.29. The summed E-state index contributed by atoms with van der Waals surface area (Å²) in [5.41, 5.74) is 2.39. The van der Waals surface area contributed by atoms with E-state index in [1.807, 2.05) is 0 Å². The van der Waals surface area contributed by atoms with Crippen LogP contribution in [-0.2, 0) is 22.7 Å². The molecule has 1 aromatic carbocycles. The van der Waals surface area contributed by atoms with Gasteiger partial charge in [0.2, 0.25) is 5.91 Å². The van der Waals surface area contributed by atoms with Gasteiger partial charge in [-0.05, 0) is 11.1 Å². The summed E-state index contributed by atoms with van der Waals surface area (Å²) in [6, 6.07) is 8.28. The molecule has 1 N–H and O–H groups in total. The standard InChI is InChI=1S/C14H22N2O2/c1-16(2)14(17)8-9-15-10-12-4-6-13(7-5-12)11-18-3/h4-7,15H,8-11H2,1-3H3. The Morgan fingerprint density at radius 3 is 2.39 bits per heavy atom. The van der Waals surface area contributed by atoms with Crippen molar-refractivity contribution in [1.82, 2.24) is 10.2 Å². The van der Waals surface area contributed by atoms with Gasteiger partial charge < -0.3 is 15.0 Å². The minimum Gasteiger partial charge on any atom is -0.380 e. The van der Waals surface area contributed by atoms with Crippen molar-refractivity contribution in [3.8, 4) is 0 Å². The molecule has 4 heteroatoms. The van der Waals surface area contributed by atoms with E-state index >= 15 is 0 Å². The Morgan fingerprint density at radius 1 is 1.22 bits per heavy atom. The third-order valence-corrected chi connectivity index (χ3v) is 2.68. The van der Waals surface area contributed by atoms with Crippen LogP contribution in [0.5, 0.6) is 0 Å². The van der Waals surface area contributed by atoms with Crippen molar-refractivity contribution < 1.29 is 9.53 Å². The van der Waals surface area contributed by atoms with Crippen molar-refractivity contribution >= 4 is 5.91 Å². The molecular weight excluding hydrogens is 228 g/mol. The van der Waals surface area contributed by atoms with Gasteiger partial charge in [0.15, 0.2) is 0 Å². The van der Waals surface area contributed by atoms with E-state index in [4.69, 9.17) is 4.74 Å². The van der Waals surface area contributed by atoms with Crippen LogP contribution in [-0.4, -0.2) is 38.6 Å². The van der Waals surface area contributed by atoms with Gasteiger partial charge in [-0.1, -0.05) is 24.3 Å². The van der Waals surface area contributed by atoms with Crippen LogP contribution in [0.25, 0.3) is 0 Å². The molecule has 0 aromatic heterocycles. The first-order chi connectivity index (χ1) is 8.63. The normalized spacial score (nSPS) is 10.4. The Labute approximate surface area is 109 Å². The zero-order chi connectivity index (χ0) is 13.4. The van der Waals surface area contributed by atoms with Gasteiger partial charge >= 0.3 is 0 Å². The maximum atomic E-state index is 11.3. The largest absolute Gasteiger partial charge is 0.380 e. The van der Waals surface area contributed by atoms with Crippen LogP contribution in [0.4, 0.5) is 0 Å². The molecule has 1 amide bonds. The summed E-state index contributed by atoms with van der Waals surface area (Å²) in [7, 11) is 5.24. The summed E-state index contributed by atoms with van der Waals surface area (Å²) >= 11 is 0. The lowest BCUT2D eigenvalue weighted by Gasteiger charge is -2.10. The number of hydrogen-bond acceptors (Lipinski definition) is 3. The number of hydrogen-bond donors (Lipinski definition) is 1. The minimum atomic E-state index is 0.151. The van der Waals surface area contributed by atoms with Crippen molar-refractivity contribution in [3.05, 3.63) is 35.4 Å². The summed E-state index contributed by atoms with van der Waals surface area (Å²) in [6.45, 7) is 2.13. The molecule has 100 valence electrons. The van der Waals surface area contributed by atoms with Crippen LogP contribution in [0.1, 0.15) is 17.5 Å². The van der Waals surface area contributed by atoms with Crippen LogP contribution in [0.15, 0.2) is 24.3 Å². The maximum absolute atomic E-state index is 11.3. The summed E-state index contributed by atoms with van der Waals surface area (Å²) in [6.07, 6.45) is 0.536. The van der Waals surface area contributed by atoms with E-state index in [9.17, 15) is 4.79 Å². The lowest BCUT2D eigenvalue weighted by atomic mass is 10.1. The molecule has 0 saturated carbocycles. The number of ether oxygens (including phenoxy) is 1. The zero-order valence-electron chi connectivity index (χ0n) is 11.4. The lowest BCUT2D eigenvalue weighted by Crippen LogP contribution is -2.26. The smallest absolute Gasteiger partial charge is 0.223 e. The number of carbonyl (C=O) groups excluding carboxylic acids is 1. The van der Waals surface area contributed by atoms with Gasteiger partial charge in [-0.25, -0.2) is 0 Å². The van der Waals surface area contributed by atoms with E-state index in [-0.39, 0.29) is 5.91 Å². The van der Waals surface area contributed by atoms with Gasteiger partial charge in [-0.3, -0.25) is 4.79 Å². The van der Waals surface area contributed by atoms with Gasteiger partial charge in [0.25, 0.3) is 0 Å². The predicted molar refractivity (Wildman–Crippen MR) is 72.2 cm³/mol. The molecule has 0 bridgehead atoms. The monoisotopic (exact) mass is 250 g/mol. The first-order valence-corrected chi connectivity index (χ1v) is 6.11. The first-order valence-electron chi connectivity index (χ1n) is 6.11. The Hall–Kier alpha value is -1.39. The summed E-state index contributed by atoms with van der Waals surface area (Å²) < 4.78 is 5.06. The van der Waals surface area contributed by atoms with E-state index in [2.05, 4.69) is 29.6 Å². The number of carbonyl (C=O) groups is 1. The second kappa shape index (κ2) is 7.84. The molecule has 0 fully saturated rings. The molecule has 4 nitrogen and oxygen atoms in total. The van der Waals surface area contributed by atoms with Crippen molar-refractivity contribution in [2.45, 2.75) is 19.6 Å². The number of nitrogens with one attached hydrogen (secondary N) is 1.